The van der Waals surface area contributed by atoms with Crippen LogP contribution in [-0.2, 0) is 4.79 Å². The van der Waals surface area contributed by atoms with E-state index in [1.54, 1.807) is 17.0 Å². The molecule has 1 saturated heterocycles. The highest BCUT2D eigenvalue weighted by Gasteiger charge is 2.33. The van der Waals surface area contributed by atoms with Gasteiger partial charge in [-0.25, -0.2) is 0 Å². The van der Waals surface area contributed by atoms with Crippen molar-refractivity contribution < 1.29 is 24.2 Å². The Labute approximate surface area is 159 Å². The minimum Gasteiger partial charge on any atom is -0.490 e. The predicted octanol–water partition coefficient (Wildman–Crippen LogP) is 3.85. The van der Waals surface area contributed by atoms with E-state index in [2.05, 4.69) is 0 Å². The number of halogens is 1. The first kappa shape index (κ1) is 20.4. The van der Waals surface area contributed by atoms with Gasteiger partial charge in [-0.1, -0.05) is 18.5 Å². The number of benzene rings is 1. The first-order valence-corrected chi connectivity index (χ1v) is 9.39. The molecule has 0 aliphatic carbocycles. The van der Waals surface area contributed by atoms with E-state index in [1.807, 2.05) is 20.8 Å². The highest BCUT2D eigenvalue weighted by atomic mass is 35.5. The van der Waals surface area contributed by atoms with Gasteiger partial charge in [-0.3, -0.25) is 9.59 Å². The van der Waals surface area contributed by atoms with Crippen LogP contribution in [0.5, 0.6) is 11.5 Å². The summed E-state index contributed by atoms with van der Waals surface area (Å²) in [7, 11) is 0. The molecule has 26 heavy (non-hydrogen) atoms. The quantitative estimate of drug-likeness (QED) is 0.773. The van der Waals surface area contributed by atoms with E-state index >= 15 is 0 Å². The molecule has 1 aliphatic rings. The van der Waals surface area contributed by atoms with Gasteiger partial charge in [-0.05, 0) is 45.2 Å². The second kappa shape index (κ2) is 9.12. The molecule has 1 N–H and O–H groups in total. The Hall–Kier alpha value is -1.95. The summed E-state index contributed by atoms with van der Waals surface area (Å²) < 4.78 is 11.3. The molecule has 1 heterocycles. The highest BCUT2D eigenvalue weighted by Crippen LogP contribution is 2.37. The first-order valence-electron chi connectivity index (χ1n) is 9.01. The predicted molar refractivity (Wildman–Crippen MR) is 99.3 cm³/mol. The Morgan fingerprint density at radius 1 is 1.27 bits per heavy atom. The average Bonchev–Trinajstić information content (AvgIpc) is 2.60. The van der Waals surface area contributed by atoms with Crippen LogP contribution in [0.3, 0.4) is 0 Å². The van der Waals surface area contributed by atoms with Gasteiger partial charge < -0.3 is 19.5 Å². The lowest BCUT2D eigenvalue weighted by Crippen LogP contribution is -2.47. The maximum Gasteiger partial charge on any atom is 0.308 e. The van der Waals surface area contributed by atoms with Gasteiger partial charge in [0.15, 0.2) is 11.5 Å². The van der Waals surface area contributed by atoms with E-state index in [0.717, 1.165) is 6.42 Å². The maximum absolute atomic E-state index is 13.0. The number of ether oxygens (including phenoxy) is 2. The van der Waals surface area contributed by atoms with Gasteiger partial charge in [-0.2, -0.15) is 0 Å². The molecule has 0 saturated carbocycles. The van der Waals surface area contributed by atoms with Crippen LogP contribution in [0.25, 0.3) is 0 Å². The third kappa shape index (κ3) is 4.61. The first-order chi connectivity index (χ1) is 12.4. The van der Waals surface area contributed by atoms with Crippen molar-refractivity contribution >= 4 is 23.5 Å². The fourth-order valence-corrected chi connectivity index (χ4v) is 3.32. The zero-order chi connectivity index (χ0) is 19.3. The Morgan fingerprint density at radius 2 is 2.00 bits per heavy atom. The second-order valence-electron chi connectivity index (χ2n) is 6.49. The van der Waals surface area contributed by atoms with Crippen LogP contribution in [0.4, 0.5) is 0 Å². The molecule has 1 aromatic rings. The summed E-state index contributed by atoms with van der Waals surface area (Å²) >= 11 is 6.33. The summed E-state index contributed by atoms with van der Waals surface area (Å²) in [4.78, 5) is 25.9. The average molecular weight is 384 g/mol. The normalized spacial score (nSPS) is 19.9. The molecule has 1 fully saturated rings. The molecule has 2 rings (SSSR count). The highest BCUT2D eigenvalue weighted by molar-refractivity contribution is 6.32. The second-order valence-corrected chi connectivity index (χ2v) is 6.89. The van der Waals surface area contributed by atoms with E-state index in [0.29, 0.717) is 48.1 Å². The Morgan fingerprint density at radius 3 is 2.62 bits per heavy atom. The van der Waals surface area contributed by atoms with E-state index in [9.17, 15) is 14.7 Å². The zero-order valence-electron chi connectivity index (χ0n) is 15.5. The van der Waals surface area contributed by atoms with E-state index in [-0.39, 0.29) is 18.5 Å². The van der Waals surface area contributed by atoms with E-state index in [4.69, 9.17) is 21.1 Å². The molecule has 1 aromatic carbocycles. The Balaban J connectivity index is 2.31. The number of carboxylic acid groups (broad SMARTS) is 1. The van der Waals surface area contributed by atoms with Crippen LogP contribution in [0.15, 0.2) is 12.1 Å². The number of carbonyl (C=O) groups is 2. The van der Waals surface area contributed by atoms with Crippen molar-refractivity contribution in [3.8, 4) is 11.5 Å². The number of likely N-dealkylation sites (tertiary alicyclic amines) is 1. The van der Waals surface area contributed by atoms with Crippen LogP contribution in [0.1, 0.15) is 50.4 Å². The lowest BCUT2D eigenvalue weighted by atomic mass is 9.93. The maximum atomic E-state index is 13.0. The van der Waals surface area contributed by atoms with Crippen molar-refractivity contribution in [3.05, 3.63) is 22.7 Å². The summed E-state index contributed by atoms with van der Waals surface area (Å²) in [6, 6.07) is 3.16. The minimum atomic E-state index is -0.869. The summed E-state index contributed by atoms with van der Waals surface area (Å²) in [5, 5.41) is 9.59. The van der Waals surface area contributed by atoms with Crippen molar-refractivity contribution in [1.82, 2.24) is 4.90 Å². The number of hydrogen-bond acceptors (Lipinski definition) is 4. The number of aliphatic carboxylic acids is 1. The van der Waals surface area contributed by atoms with Gasteiger partial charge in [0.1, 0.15) is 0 Å². The fraction of sp³-hybridized carbons (Fsp3) is 0.579. The molecule has 144 valence electrons. The Bertz CT molecular complexity index is 664. The lowest BCUT2D eigenvalue weighted by molar-refractivity contribution is -0.143. The molecule has 7 heteroatoms. The number of piperidine rings is 1. The SMILES string of the molecule is CCCOc1c(Cl)cc(C(=O)N2CC(C(=O)O)CCC2C)cc1OCC. The molecule has 1 aliphatic heterocycles. The molecule has 2 atom stereocenters. The fourth-order valence-electron chi connectivity index (χ4n) is 3.06. The topological polar surface area (TPSA) is 76.1 Å². The molecule has 0 bridgehead atoms. The molecule has 0 aromatic heterocycles. The van der Waals surface area contributed by atoms with Crippen molar-refractivity contribution in [1.29, 1.82) is 0 Å². The smallest absolute Gasteiger partial charge is 0.308 e. The van der Waals surface area contributed by atoms with Crippen LogP contribution >= 0.6 is 11.6 Å². The van der Waals surface area contributed by atoms with Gasteiger partial charge >= 0.3 is 5.97 Å². The van der Waals surface area contributed by atoms with Gasteiger partial charge in [0.05, 0.1) is 24.2 Å². The Kier molecular flexibility index (Phi) is 7.14. The molecule has 0 spiro atoms. The molecule has 0 radical (unpaired) electrons. The van der Waals surface area contributed by atoms with E-state index in [1.165, 1.54) is 0 Å². The van der Waals surface area contributed by atoms with Crippen molar-refractivity contribution in [2.45, 2.75) is 46.1 Å². The summed E-state index contributed by atoms with van der Waals surface area (Å²) in [6.45, 7) is 6.87. The third-order valence-corrected chi connectivity index (χ3v) is 4.78. The third-order valence-electron chi connectivity index (χ3n) is 4.50. The molecule has 2 unspecified atom stereocenters. The van der Waals surface area contributed by atoms with Crippen LogP contribution in [0.2, 0.25) is 5.02 Å². The largest absolute Gasteiger partial charge is 0.490 e. The van der Waals surface area contributed by atoms with Crippen LogP contribution in [-0.4, -0.2) is 47.7 Å². The number of amides is 1. The van der Waals surface area contributed by atoms with E-state index < -0.39 is 11.9 Å². The standard InChI is InChI=1S/C19H26ClNO5/c1-4-8-26-17-15(20)9-14(10-16(17)25-5-2)18(22)21-11-13(19(23)24)7-6-12(21)3/h9-10,12-13H,4-8,11H2,1-3H3,(H,23,24). The minimum absolute atomic E-state index is 0.0246. The van der Waals surface area contributed by atoms with Crippen LogP contribution < -0.4 is 9.47 Å². The number of carboxylic acids is 1. The molecular weight excluding hydrogens is 358 g/mol. The van der Waals surface area contributed by atoms with Crippen molar-refractivity contribution in [2.24, 2.45) is 5.92 Å². The number of nitrogens with zero attached hydrogens (tertiary/aromatic N) is 1. The van der Waals surface area contributed by atoms with Gasteiger partial charge in [0.25, 0.3) is 5.91 Å². The van der Waals surface area contributed by atoms with Crippen LogP contribution in [0, 0.1) is 5.92 Å². The number of carbonyl (C=O) groups excluding carboxylic acids is 1. The van der Waals surface area contributed by atoms with Crippen molar-refractivity contribution in [3.63, 3.8) is 0 Å². The van der Waals surface area contributed by atoms with Gasteiger partial charge in [-0.15, -0.1) is 0 Å². The molecule has 1 amide bonds. The molecular formula is C19H26ClNO5. The monoisotopic (exact) mass is 383 g/mol. The lowest BCUT2D eigenvalue weighted by Gasteiger charge is -2.36. The summed E-state index contributed by atoms with van der Waals surface area (Å²) in [6.07, 6.45) is 2.06. The van der Waals surface area contributed by atoms with Crippen molar-refractivity contribution in [2.75, 3.05) is 19.8 Å². The van der Waals surface area contributed by atoms with Gasteiger partial charge in [0.2, 0.25) is 0 Å². The number of rotatable bonds is 7. The summed E-state index contributed by atoms with van der Waals surface area (Å²) in [5.74, 6) is -0.790. The number of hydrogen-bond donors (Lipinski definition) is 1. The summed E-state index contributed by atoms with van der Waals surface area (Å²) in [5.41, 5.74) is 0.375. The molecule has 6 nitrogen and oxygen atoms in total. The van der Waals surface area contributed by atoms with Gasteiger partial charge in [0, 0.05) is 18.2 Å². The zero-order valence-corrected chi connectivity index (χ0v) is 16.2.